The van der Waals surface area contributed by atoms with Crippen molar-refractivity contribution in [2.45, 2.75) is 117 Å². The number of Topliss-reactive ketones (excluding diaryl/α,β-unsaturated/α-hetero) is 1. The van der Waals surface area contributed by atoms with Gasteiger partial charge in [0.15, 0.2) is 11.5 Å². The second kappa shape index (κ2) is 11.6. The first-order chi connectivity index (χ1) is 17.1. The quantitative estimate of drug-likeness (QED) is 0.352. The van der Waals surface area contributed by atoms with Crippen LogP contribution in [-0.2, 0) is 16.1 Å². The molecule has 1 heterocycles. The van der Waals surface area contributed by atoms with Crippen LogP contribution in [0.5, 0.6) is 5.75 Å². The van der Waals surface area contributed by atoms with Gasteiger partial charge in [-0.05, 0) is 114 Å². The predicted octanol–water partition coefficient (Wildman–Crippen LogP) is 6.06. The lowest BCUT2D eigenvalue weighted by Crippen LogP contribution is -2.46. The topological polar surface area (TPSA) is 73.6 Å². The predicted molar refractivity (Wildman–Crippen MR) is 142 cm³/mol. The van der Waals surface area contributed by atoms with Gasteiger partial charge in [-0.1, -0.05) is 13.3 Å². The maximum atomic E-state index is 13.5. The van der Waals surface area contributed by atoms with E-state index >= 15 is 0 Å². The van der Waals surface area contributed by atoms with Crippen LogP contribution in [0.2, 0.25) is 0 Å². The van der Waals surface area contributed by atoms with Crippen LogP contribution >= 0.6 is 0 Å². The van der Waals surface area contributed by atoms with Crippen molar-refractivity contribution in [3.05, 3.63) is 12.4 Å². The largest absolute Gasteiger partial charge is 0.488 e. The molecule has 3 aliphatic rings. The zero-order valence-electron chi connectivity index (χ0n) is 23.4. The molecule has 1 aromatic rings. The molecule has 0 aliphatic heterocycles. The molecule has 6 nitrogen and oxygen atoms in total. The summed E-state index contributed by atoms with van der Waals surface area (Å²) in [6, 6.07) is 0. The molecule has 0 aromatic carbocycles. The molecule has 6 heteroatoms. The van der Waals surface area contributed by atoms with Crippen molar-refractivity contribution >= 4 is 5.78 Å². The monoisotopic (exact) mass is 502 g/mol. The molecule has 0 saturated heterocycles. The minimum atomic E-state index is -0.564. The lowest BCUT2D eigenvalue weighted by Gasteiger charge is -2.52. The van der Waals surface area contributed by atoms with Crippen LogP contribution in [0.15, 0.2) is 12.4 Å². The highest BCUT2D eigenvalue weighted by atomic mass is 16.5. The Bertz CT molecular complexity index is 865. The van der Waals surface area contributed by atoms with E-state index in [4.69, 9.17) is 9.47 Å². The van der Waals surface area contributed by atoms with Crippen molar-refractivity contribution in [2.24, 2.45) is 35.0 Å². The van der Waals surface area contributed by atoms with Crippen LogP contribution in [0.4, 0.5) is 0 Å². The fourth-order valence-corrected chi connectivity index (χ4v) is 8.29. The molecule has 3 aliphatic carbocycles. The fourth-order valence-electron chi connectivity index (χ4n) is 8.29. The minimum absolute atomic E-state index is 0.102. The third-order valence-corrected chi connectivity index (χ3v) is 9.86. The summed E-state index contributed by atoms with van der Waals surface area (Å²) in [5.74, 6) is 4.04. The van der Waals surface area contributed by atoms with Gasteiger partial charge in [0, 0.05) is 19.6 Å². The van der Waals surface area contributed by atoms with E-state index in [-0.39, 0.29) is 17.4 Å². The van der Waals surface area contributed by atoms with Gasteiger partial charge in [0.2, 0.25) is 0 Å². The molecule has 7 atom stereocenters. The molecule has 0 amide bonds. The number of hydrogen-bond acceptors (Lipinski definition) is 5. The average Bonchev–Trinajstić information content (AvgIpc) is 3.39. The molecule has 0 spiro atoms. The molecule has 0 radical (unpaired) electrons. The highest BCUT2D eigenvalue weighted by molar-refractivity contribution is 5.82. The van der Waals surface area contributed by atoms with Crippen LogP contribution in [0.3, 0.4) is 0 Å². The van der Waals surface area contributed by atoms with Crippen molar-refractivity contribution in [2.75, 3.05) is 13.7 Å². The zero-order chi connectivity index (χ0) is 25.9. The third kappa shape index (κ3) is 6.35. The molecule has 36 heavy (non-hydrogen) atoms. The minimum Gasteiger partial charge on any atom is -0.488 e. The first-order valence-electron chi connectivity index (χ1n) is 14.5. The molecular formula is C30H50N2O4. The van der Waals surface area contributed by atoms with E-state index in [9.17, 15) is 9.90 Å². The van der Waals surface area contributed by atoms with Gasteiger partial charge in [0.05, 0.1) is 30.6 Å². The molecule has 204 valence electrons. The lowest BCUT2D eigenvalue weighted by molar-refractivity contribution is -0.130. The number of carbonyl (C=O) groups is 1. The van der Waals surface area contributed by atoms with Crippen molar-refractivity contribution in [3.63, 3.8) is 0 Å². The first kappa shape index (κ1) is 27.6. The number of nitrogens with zero attached hydrogens (tertiary/aromatic N) is 2. The van der Waals surface area contributed by atoms with Gasteiger partial charge in [-0.15, -0.1) is 0 Å². The van der Waals surface area contributed by atoms with Crippen LogP contribution in [0.1, 0.15) is 98.3 Å². The van der Waals surface area contributed by atoms with Gasteiger partial charge < -0.3 is 14.6 Å². The summed E-state index contributed by atoms with van der Waals surface area (Å²) in [5, 5.41) is 15.4. The molecule has 1 N–H and O–H groups in total. The van der Waals surface area contributed by atoms with Crippen LogP contribution < -0.4 is 4.74 Å². The number of hydrogen-bond donors (Lipinski definition) is 1. The van der Waals surface area contributed by atoms with Crippen LogP contribution in [0, 0.1) is 35.0 Å². The molecule has 0 bridgehead atoms. The summed E-state index contributed by atoms with van der Waals surface area (Å²) < 4.78 is 12.6. The summed E-state index contributed by atoms with van der Waals surface area (Å²) in [6.45, 7) is 9.58. The molecule has 1 aromatic heterocycles. The number of rotatable bonds is 12. The number of aromatic nitrogens is 2. The molecule has 3 fully saturated rings. The summed E-state index contributed by atoms with van der Waals surface area (Å²) in [4.78, 5) is 13.5. The Morgan fingerprint density at radius 1 is 1.25 bits per heavy atom. The normalized spacial score (nSPS) is 33.7. The van der Waals surface area contributed by atoms with Crippen LogP contribution in [0.25, 0.3) is 0 Å². The highest BCUT2D eigenvalue weighted by Gasteiger charge is 2.56. The number of aliphatic hydroxyl groups is 1. The van der Waals surface area contributed by atoms with Crippen LogP contribution in [-0.4, -0.2) is 46.1 Å². The Labute approximate surface area is 218 Å². The smallest absolute Gasteiger partial charge is 0.157 e. The van der Waals surface area contributed by atoms with E-state index in [0.29, 0.717) is 24.2 Å². The fraction of sp³-hybridized carbons (Fsp3) is 0.867. The van der Waals surface area contributed by atoms with E-state index in [1.54, 1.807) is 18.0 Å². The Hall–Kier alpha value is -1.40. The summed E-state index contributed by atoms with van der Waals surface area (Å²) in [6.07, 6.45) is 15.9. The van der Waals surface area contributed by atoms with Gasteiger partial charge in [-0.25, -0.2) is 0 Å². The summed E-state index contributed by atoms with van der Waals surface area (Å²) in [7, 11) is 1.74. The highest BCUT2D eigenvalue weighted by Crippen LogP contribution is 2.62. The maximum absolute atomic E-state index is 13.5. The number of ether oxygens (including phenoxy) is 2. The Morgan fingerprint density at radius 2 is 2.06 bits per heavy atom. The molecule has 3 saturated carbocycles. The Kier molecular flexibility index (Phi) is 8.87. The van der Waals surface area contributed by atoms with Gasteiger partial charge >= 0.3 is 0 Å². The van der Waals surface area contributed by atoms with E-state index in [0.717, 1.165) is 62.7 Å². The SMILES string of the molecule is COCCCC[C@@](C)(O)C[C@@H]1CC[C@@H]2[C@H](CC[C@]3(C)[C@@H](C(=O)Cn4cc(OC(C)C)cn4)CC[C@@H]23)C1. The number of methoxy groups -OCH3 is 1. The molecule has 0 unspecified atom stereocenters. The van der Waals surface area contributed by atoms with E-state index in [1.165, 1.54) is 32.1 Å². The first-order valence-corrected chi connectivity index (χ1v) is 14.5. The number of fused-ring (bicyclic) bond motifs is 3. The van der Waals surface area contributed by atoms with Gasteiger partial charge in [-0.3, -0.25) is 9.48 Å². The number of ketones is 1. The second-order valence-electron chi connectivity index (χ2n) is 13.0. The zero-order valence-corrected chi connectivity index (χ0v) is 23.4. The van der Waals surface area contributed by atoms with Crippen molar-refractivity contribution < 1.29 is 19.4 Å². The van der Waals surface area contributed by atoms with E-state index < -0.39 is 5.60 Å². The van der Waals surface area contributed by atoms with E-state index in [2.05, 4.69) is 12.0 Å². The Balaban J connectivity index is 1.31. The maximum Gasteiger partial charge on any atom is 0.157 e. The van der Waals surface area contributed by atoms with Gasteiger partial charge in [0.1, 0.15) is 0 Å². The van der Waals surface area contributed by atoms with Gasteiger partial charge in [-0.2, -0.15) is 5.10 Å². The van der Waals surface area contributed by atoms with Gasteiger partial charge in [0.25, 0.3) is 0 Å². The molecule has 4 rings (SSSR count). The molecular weight excluding hydrogens is 452 g/mol. The summed E-state index contributed by atoms with van der Waals surface area (Å²) >= 11 is 0. The van der Waals surface area contributed by atoms with Crippen molar-refractivity contribution in [1.82, 2.24) is 9.78 Å². The third-order valence-electron chi connectivity index (χ3n) is 9.86. The standard InChI is InChI=1S/C30H50N2O4/c1-21(2)36-24-18-31-32(19-24)20-28(33)27-11-10-26-25-9-8-22(16-23(25)12-14-30(26,27)4)17-29(3,34)13-6-7-15-35-5/h18-19,21-23,25-27,34H,6-17,20H2,1-5H3/t22-,23-,25-,26+,27-,29-,30+/m1/s1. The van der Waals surface area contributed by atoms with Crippen molar-refractivity contribution in [3.8, 4) is 5.75 Å². The number of carbonyl (C=O) groups excluding carboxylic acids is 1. The number of unbranched alkanes of at least 4 members (excludes halogenated alkanes) is 1. The summed E-state index contributed by atoms with van der Waals surface area (Å²) in [5.41, 5.74) is -0.436. The Morgan fingerprint density at radius 3 is 2.81 bits per heavy atom. The second-order valence-corrected chi connectivity index (χ2v) is 13.0. The lowest BCUT2D eigenvalue weighted by atomic mass is 9.53. The average molecular weight is 503 g/mol. The van der Waals surface area contributed by atoms with Crippen molar-refractivity contribution in [1.29, 1.82) is 0 Å². The van der Waals surface area contributed by atoms with E-state index in [1.807, 2.05) is 27.0 Å².